The number of benzene rings is 2. The average molecular weight is 498 g/mol. The summed E-state index contributed by atoms with van der Waals surface area (Å²) in [6, 6.07) is 11.6. The van der Waals surface area contributed by atoms with E-state index in [1.807, 2.05) is 12.1 Å². The molecule has 0 aliphatic carbocycles. The molecule has 0 atom stereocenters. The first-order chi connectivity index (χ1) is 17.5. The molecule has 0 saturated heterocycles. The van der Waals surface area contributed by atoms with E-state index in [9.17, 15) is 14.7 Å². The summed E-state index contributed by atoms with van der Waals surface area (Å²) >= 11 is 0. The highest BCUT2D eigenvalue weighted by atomic mass is 16.5. The lowest BCUT2D eigenvalue weighted by molar-refractivity contribution is -0.116. The molecule has 0 aliphatic heterocycles. The zero-order valence-electron chi connectivity index (χ0n) is 22.0. The smallest absolute Gasteiger partial charge is 0.335 e. The van der Waals surface area contributed by atoms with Crippen molar-refractivity contribution in [3.63, 3.8) is 0 Å². The molecular weight excluding hydrogens is 454 g/mol. The normalized spacial score (nSPS) is 10.7. The number of anilines is 1. The van der Waals surface area contributed by atoms with Crippen molar-refractivity contribution in [3.8, 4) is 17.2 Å². The average Bonchev–Trinajstić information content (AvgIpc) is 2.88. The number of methoxy groups -OCH3 is 1. The number of unbranched alkanes of at least 4 members (excludes halogenated alkanes) is 12. The van der Waals surface area contributed by atoms with Gasteiger partial charge in [0.15, 0.2) is 17.2 Å². The fourth-order valence-electron chi connectivity index (χ4n) is 4.19. The highest BCUT2D eigenvalue weighted by Crippen LogP contribution is 2.35. The summed E-state index contributed by atoms with van der Waals surface area (Å²) in [6.07, 6.45) is 16.7. The van der Waals surface area contributed by atoms with Gasteiger partial charge in [-0.3, -0.25) is 4.79 Å². The molecule has 0 spiro atoms. The number of ether oxygens (including phenoxy) is 2. The van der Waals surface area contributed by atoms with Crippen molar-refractivity contribution in [2.24, 2.45) is 0 Å². The van der Waals surface area contributed by atoms with Crippen molar-refractivity contribution in [2.45, 2.75) is 96.8 Å². The summed E-state index contributed by atoms with van der Waals surface area (Å²) in [4.78, 5) is 24.0. The Balaban J connectivity index is 1.73. The summed E-state index contributed by atoms with van der Waals surface area (Å²) in [5.74, 6) is 0.179. The van der Waals surface area contributed by atoms with Gasteiger partial charge in [0.1, 0.15) is 0 Å². The van der Waals surface area contributed by atoms with E-state index in [2.05, 4.69) is 12.2 Å². The van der Waals surface area contributed by atoms with Crippen molar-refractivity contribution in [2.75, 3.05) is 12.4 Å². The first-order valence-corrected chi connectivity index (χ1v) is 13.5. The van der Waals surface area contributed by atoms with Crippen LogP contribution in [-0.4, -0.2) is 24.1 Å². The number of carbonyl (C=O) groups excluding carboxylic acids is 1. The Morgan fingerprint density at radius 1 is 0.750 bits per heavy atom. The molecule has 6 heteroatoms. The summed E-state index contributed by atoms with van der Waals surface area (Å²) in [5.41, 5.74) is 0.416. The molecule has 0 unspecified atom stereocenters. The number of carbonyl (C=O) groups is 2. The number of hydrogen-bond donors (Lipinski definition) is 2. The largest absolute Gasteiger partial charge is 0.493 e. The van der Waals surface area contributed by atoms with Gasteiger partial charge in [0.25, 0.3) is 0 Å². The minimum atomic E-state index is -1.06. The number of amides is 1. The van der Waals surface area contributed by atoms with Crippen LogP contribution in [0, 0.1) is 0 Å². The molecule has 0 aromatic heterocycles. The van der Waals surface area contributed by atoms with Gasteiger partial charge in [-0.1, -0.05) is 96.1 Å². The second kappa shape index (κ2) is 17.4. The van der Waals surface area contributed by atoms with Crippen LogP contribution in [0.5, 0.6) is 17.2 Å². The Hall–Kier alpha value is -3.02. The lowest BCUT2D eigenvalue weighted by Gasteiger charge is -2.15. The van der Waals surface area contributed by atoms with Crippen molar-refractivity contribution in [1.29, 1.82) is 0 Å². The number of para-hydroxylation sites is 2. The lowest BCUT2D eigenvalue weighted by atomic mass is 10.0. The van der Waals surface area contributed by atoms with Crippen LogP contribution < -0.4 is 14.8 Å². The van der Waals surface area contributed by atoms with E-state index in [1.165, 1.54) is 76.3 Å². The van der Waals surface area contributed by atoms with Crippen molar-refractivity contribution < 1.29 is 24.2 Å². The predicted molar refractivity (Wildman–Crippen MR) is 145 cm³/mol. The SMILES string of the molecule is CCCCCCCCCCCCCCCC(=O)Nc1cc(C(=O)O)ccc1Oc1ccccc1OC. The Labute approximate surface area is 216 Å². The summed E-state index contributed by atoms with van der Waals surface area (Å²) < 4.78 is 11.3. The lowest BCUT2D eigenvalue weighted by Crippen LogP contribution is -2.12. The van der Waals surface area contributed by atoms with Gasteiger partial charge in [0, 0.05) is 6.42 Å². The maximum absolute atomic E-state index is 12.6. The molecule has 198 valence electrons. The topological polar surface area (TPSA) is 84.9 Å². The number of carboxylic acids is 1. The third-order valence-corrected chi connectivity index (χ3v) is 6.30. The number of aromatic carboxylic acids is 1. The fourth-order valence-corrected chi connectivity index (χ4v) is 4.19. The number of nitrogens with one attached hydrogen (secondary N) is 1. The third-order valence-electron chi connectivity index (χ3n) is 6.30. The quantitative estimate of drug-likeness (QED) is 0.190. The van der Waals surface area contributed by atoms with E-state index in [4.69, 9.17) is 9.47 Å². The maximum atomic E-state index is 12.6. The van der Waals surface area contributed by atoms with Crippen LogP contribution in [0.4, 0.5) is 5.69 Å². The molecule has 2 aromatic carbocycles. The van der Waals surface area contributed by atoms with Gasteiger partial charge in [-0.05, 0) is 36.8 Å². The summed E-state index contributed by atoms with van der Waals surface area (Å²) in [5, 5.41) is 12.2. The summed E-state index contributed by atoms with van der Waals surface area (Å²) in [7, 11) is 1.55. The van der Waals surface area contributed by atoms with E-state index in [0.29, 0.717) is 29.4 Å². The van der Waals surface area contributed by atoms with Crippen LogP contribution in [-0.2, 0) is 4.79 Å². The van der Waals surface area contributed by atoms with Crippen LogP contribution in [0.25, 0.3) is 0 Å². The number of carboxylic acid groups (broad SMARTS) is 1. The van der Waals surface area contributed by atoms with Gasteiger partial charge in [0.2, 0.25) is 5.91 Å². The first-order valence-electron chi connectivity index (χ1n) is 13.5. The van der Waals surface area contributed by atoms with Gasteiger partial charge in [-0.2, -0.15) is 0 Å². The van der Waals surface area contributed by atoms with Crippen molar-refractivity contribution >= 4 is 17.6 Å². The third kappa shape index (κ3) is 11.1. The van der Waals surface area contributed by atoms with E-state index < -0.39 is 5.97 Å². The Morgan fingerprint density at radius 3 is 1.86 bits per heavy atom. The highest BCUT2D eigenvalue weighted by molar-refractivity contribution is 5.95. The molecule has 0 aliphatic rings. The molecule has 2 N–H and O–H groups in total. The molecule has 1 amide bonds. The second-order valence-electron chi connectivity index (χ2n) is 9.31. The monoisotopic (exact) mass is 497 g/mol. The van der Waals surface area contributed by atoms with Crippen LogP contribution in [0.15, 0.2) is 42.5 Å². The molecule has 0 fully saturated rings. The van der Waals surface area contributed by atoms with Crippen molar-refractivity contribution in [3.05, 3.63) is 48.0 Å². The first kappa shape index (κ1) is 29.2. The van der Waals surface area contributed by atoms with Crippen molar-refractivity contribution in [1.82, 2.24) is 0 Å². The van der Waals surface area contributed by atoms with Gasteiger partial charge >= 0.3 is 5.97 Å². The molecule has 0 saturated carbocycles. The standard InChI is InChI=1S/C30H43NO5/c1-3-4-5-6-7-8-9-10-11-12-13-14-15-20-29(32)31-25-23-24(30(33)34)21-22-26(25)36-28-19-17-16-18-27(28)35-2/h16-19,21-23H,3-15,20H2,1-2H3,(H,31,32)(H,33,34). The number of rotatable bonds is 19. The molecule has 36 heavy (non-hydrogen) atoms. The maximum Gasteiger partial charge on any atom is 0.335 e. The van der Waals surface area contributed by atoms with E-state index in [1.54, 1.807) is 25.3 Å². The molecule has 0 heterocycles. The molecule has 2 rings (SSSR count). The minimum Gasteiger partial charge on any atom is -0.493 e. The van der Waals surface area contributed by atoms with Crippen LogP contribution in [0.3, 0.4) is 0 Å². The molecule has 0 radical (unpaired) electrons. The van der Waals surface area contributed by atoms with Crippen LogP contribution in [0.1, 0.15) is 107 Å². The molecule has 2 aromatic rings. The molecular formula is C30H43NO5. The van der Waals surface area contributed by atoms with Gasteiger partial charge in [-0.25, -0.2) is 4.79 Å². The Kier molecular flexibility index (Phi) is 14.1. The van der Waals surface area contributed by atoms with E-state index in [-0.39, 0.29) is 11.5 Å². The molecule has 0 bridgehead atoms. The zero-order valence-corrected chi connectivity index (χ0v) is 22.0. The van der Waals surface area contributed by atoms with E-state index >= 15 is 0 Å². The number of hydrogen-bond acceptors (Lipinski definition) is 4. The Bertz CT molecular complexity index is 927. The fraction of sp³-hybridized carbons (Fsp3) is 0.533. The minimum absolute atomic E-state index is 0.0821. The predicted octanol–water partition coefficient (Wildman–Crippen LogP) is 8.61. The van der Waals surface area contributed by atoms with Crippen LogP contribution >= 0.6 is 0 Å². The van der Waals surface area contributed by atoms with Gasteiger partial charge < -0.3 is 19.9 Å². The highest BCUT2D eigenvalue weighted by Gasteiger charge is 2.14. The summed E-state index contributed by atoms with van der Waals surface area (Å²) in [6.45, 7) is 2.25. The zero-order chi connectivity index (χ0) is 26.0. The van der Waals surface area contributed by atoms with Gasteiger partial charge in [0.05, 0.1) is 18.4 Å². The van der Waals surface area contributed by atoms with Gasteiger partial charge in [-0.15, -0.1) is 0 Å². The van der Waals surface area contributed by atoms with E-state index in [0.717, 1.165) is 19.3 Å². The Morgan fingerprint density at radius 2 is 1.31 bits per heavy atom. The molecule has 6 nitrogen and oxygen atoms in total. The van der Waals surface area contributed by atoms with Crippen LogP contribution in [0.2, 0.25) is 0 Å². The second-order valence-corrected chi connectivity index (χ2v) is 9.31.